The Kier molecular flexibility index (Phi) is 2.29. The van der Waals surface area contributed by atoms with Crippen LogP contribution in [-0.2, 0) is 12.8 Å². The molecule has 76 valence electrons. The molecule has 14 heavy (non-hydrogen) atoms. The molecule has 2 rings (SSSR count). The van der Waals surface area contributed by atoms with Crippen molar-refractivity contribution in [3.63, 3.8) is 0 Å². The molecule has 0 amide bonds. The number of hydrogen-bond donors (Lipinski definition) is 2. The molecule has 0 heterocycles. The number of aliphatic hydroxyl groups is 1. The third-order valence-corrected chi connectivity index (χ3v) is 2.96. The summed E-state index contributed by atoms with van der Waals surface area (Å²) in [5.41, 5.74) is 6.29. The van der Waals surface area contributed by atoms with E-state index in [4.69, 9.17) is 5.73 Å². The molecule has 1 aliphatic carbocycles. The zero-order valence-corrected chi connectivity index (χ0v) is 7.96. The minimum Gasteiger partial charge on any atom is -0.388 e. The van der Waals surface area contributed by atoms with E-state index in [-0.39, 0.29) is 12.4 Å². The van der Waals surface area contributed by atoms with Crippen LogP contribution in [0.1, 0.15) is 17.5 Å². The number of nitrogens with two attached hydrogens (primary N) is 1. The van der Waals surface area contributed by atoms with E-state index in [0.29, 0.717) is 19.3 Å². The molecule has 1 aliphatic rings. The molecule has 1 atom stereocenters. The Balaban J connectivity index is 2.36. The molecule has 1 aromatic carbocycles. The van der Waals surface area contributed by atoms with Crippen LogP contribution in [-0.4, -0.2) is 17.3 Å². The molecule has 0 saturated heterocycles. The highest BCUT2D eigenvalue weighted by Gasteiger charge is 2.31. The molecule has 0 saturated carbocycles. The number of fused-ring (bicyclic) bond motifs is 1. The average molecular weight is 195 g/mol. The molecular weight excluding hydrogens is 181 g/mol. The van der Waals surface area contributed by atoms with Crippen molar-refractivity contribution in [1.29, 1.82) is 0 Å². The summed E-state index contributed by atoms with van der Waals surface area (Å²) in [6.07, 6.45) is 1.60. The summed E-state index contributed by atoms with van der Waals surface area (Å²) in [5, 5.41) is 9.97. The van der Waals surface area contributed by atoms with Gasteiger partial charge in [-0.1, -0.05) is 12.1 Å². The van der Waals surface area contributed by atoms with E-state index < -0.39 is 5.60 Å². The van der Waals surface area contributed by atoms with Gasteiger partial charge in [-0.15, -0.1) is 0 Å². The topological polar surface area (TPSA) is 46.2 Å². The summed E-state index contributed by atoms with van der Waals surface area (Å²) in [7, 11) is 0. The van der Waals surface area contributed by atoms with Crippen LogP contribution in [0.4, 0.5) is 4.39 Å². The lowest BCUT2D eigenvalue weighted by molar-refractivity contribution is 0.0348. The van der Waals surface area contributed by atoms with Crippen molar-refractivity contribution in [2.75, 3.05) is 6.54 Å². The highest BCUT2D eigenvalue weighted by molar-refractivity contribution is 5.32. The molecule has 0 spiro atoms. The van der Waals surface area contributed by atoms with E-state index in [1.165, 1.54) is 6.07 Å². The summed E-state index contributed by atoms with van der Waals surface area (Å²) in [5.74, 6) is -0.165. The molecule has 0 aliphatic heterocycles. The lowest BCUT2D eigenvalue weighted by Crippen LogP contribution is -2.43. The first kappa shape index (κ1) is 9.62. The molecule has 3 heteroatoms. The summed E-state index contributed by atoms with van der Waals surface area (Å²) in [6.45, 7) is 0.239. The van der Waals surface area contributed by atoms with Crippen molar-refractivity contribution in [2.45, 2.75) is 24.9 Å². The fourth-order valence-electron chi connectivity index (χ4n) is 2.02. The molecule has 1 unspecified atom stereocenters. The standard InChI is InChI=1S/C11H14FNO/c12-10-3-1-2-8-6-11(14,7-13)5-4-9(8)10/h1-3,14H,4-7,13H2. The monoisotopic (exact) mass is 195 g/mol. The fraction of sp³-hybridized carbons (Fsp3) is 0.455. The molecule has 0 aromatic heterocycles. The van der Waals surface area contributed by atoms with Gasteiger partial charge in [0, 0.05) is 13.0 Å². The minimum absolute atomic E-state index is 0.165. The SMILES string of the molecule is NCC1(O)CCc2c(F)cccc2C1. The Morgan fingerprint density at radius 3 is 3.00 bits per heavy atom. The van der Waals surface area contributed by atoms with Crippen molar-refractivity contribution in [3.05, 3.63) is 35.1 Å². The van der Waals surface area contributed by atoms with E-state index in [1.807, 2.05) is 6.07 Å². The second-order valence-electron chi connectivity index (χ2n) is 3.98. The van der Waals surface area contributed by atoms with E-state index in [2.05, 4.69) is 0 Å². The first-order valence-electron chi connectivity index (χ1n) is 4.83. The highest BCUT2D eigenvalue weighted by atomic mass is 19.1. The Labute approximate surface area is 82.5 Å². The predicted octanol–water partition coefficient (Wildman–Crippen LogP) is 1.00. The summed E-state index contributed by atoms with van der Waals surface area (Å²) < 4.78 is 13.3. The van der Waals surface area contributed by atoms with Crippen molar-refractivity contribution >= 4 is 0 Å². The smallest absolute Gasteiger partial charge is 0.126 e. The average Bonchev–Trinajstić information content (AvgIpc) is 2.18. The van der Waals surface area contributed by atoms with E-state index in [0.717, 1.165) is 11.1 Å². The molecule has 1 aromatic rings. The fourth-order valence-corrected chi connectivity index (χ4v) is 2.02. The van der Waals surface area contributed by atoms with Crippen LogP contribution < -0.4 is 5.73 Å². The Hall–Kier alpha value is -0.930. The molecule has 0 bridgehead atoms. The lowest BCUT2D eigenvalue weighted by Gasteiger charge is -2.32. The Bertz CT molecular complexity index is 353. The van der Waals surface area contributed by atoms with Crippen LogP contribution in [0.15, 0.2) is 18.2 Å². The van der Waals surface area contributed by atoms with Gasteiger partial charge in [0.15, 0.2) is 0 Å². The van der Waals surface area contributed by atoms with Crippen LogP contribution in [0.5, 0.6) is 0 Å². The third-order valence-electron chi connectivity index (χ3n) is 2.96. The maximum atomic E-state index is 13.3. The van der Waals surface area contributed by atoms with Crippen molar-refractivity contribution in [1.82, 2.24) is 0 Å². The zero-order chi connectivity index (χ0) is 10.2. The van der Waals surface area contributed by atoms with Gasteiger partial charge in [0.1, 0.15) is 5.82 Å². The lowest BCUT2D eigenvalue weighted by atomic mass is 9.80. The van der Waals surface area contributed by atoms with Crippen LogP contribution in [0.3, 0.4) is 0 Å². The van der Waals surface area contributed by atoms with Gasteiger partial charge >= 0.3 is 0 Å². The van der Waals surface area contributed by atoms with Crippen molar-refractivity contribution < 1.29 is 9.50 Å². The second kappa shape index (κ2) is 3.33. The zero-order valence-electron chi connectivity index (χ0n) is 7.96. The summed E-state index contributed by atoms with van der Waals surface area (Å²) >= 11 is 0. The number of benzene rings is 1. The Morgan fingerprint density at radius 1 is 1.50 bits per heavy atom. The predicted molar refractivity (Wildman–Crippen MR) is 52.4 cm³/mol. The minimum atomic E-state index is -0.833. The second-order valence-corrected chi connectivity index (χ2v) is 3.98. The molecule has 3 N–H and O–H groups in total. The first-order valence-corrected chi connectivity index (χ1v) is 4.83. The summed E-state index contributed by atoms with van der Waals surface area (Å²) in [4.78, 5) is 0. The molecule has 0 fully saturated rings. The molecular formula is C11H14FNO. The van der Waals surface area contributed by atoms with Gasteiger partial charge in [0.2, 0.25) is 0 Å². The van der Waals surface area contributed by atoms with Crippen LogP contribution in [0.2, 0.25) is 0 Å². The van der Waals surface area contributed by atoms with Gasteiger partial charge in [-0.2, -0.15) is 0 Å². The Morgan fingerprint density at radius 2 is 2.29 bits per heavy atom. The van der Waals surface area contributed by atoms with Crippen molar-refractivity contribution in [2.24, 2.45) is 5.73 Å². The van der Waals surface area contributed by atoms with Crippen LogP contribution in [0.25, 0.3) is 0 Å². The van der Waals surface area contributed by atoms with Crippen LogP contribution in [0, 0.1) is 5.82 Å². The van der Waals surface area contributed by atoms with Gasteiger partial charge in [-0.05, 0) is 30.0 Å². The van der Waals surface area contributed by atoms with Gasteiger partial charge < -0.3 is 10.8 Å². The number of hydrogen-bond acceptors (Lipinski definition) is 2. The van der Waals surface area contributed by atoms with Gasteiger partial charge in [-0.3, -0.25) is 0 Å². The molecule has 2 nitrogen and oxygen atoms in total. The van der Waals surface area contributed by atoms with E-state index in [9.17, 15) is 9.50 Å². The number of halogens is 1. The highest BCUT2D eigenvalue weighted by Crippen LogP contribution is 2.29. The molecule has 0 radical (unpaired) electrons. The van der Waals surface area contributed by atoms with Crippen LogP contribution >= 0.6 is 0 Å². The third kappa shape index (κ3) is 1.53. The van der Waals surface area contributed by atoms with E-state index >= 15 is 0 Å². The quantitative estimate of drug-likeness (QED) is 0.702. The summed E-state index contributed by atoms with van der Waals surface area (Å²) in [6, 6.07) is 5.00. The van der Waals surface area contributed by atoms with Gasteiger partial charge in [-0.25, -0.2) is 4.39 Å². The maximum absolute atomic E-state index is 13.3. The number of rotatable bonds is 1. The largest absolute Gasteiger partial charge is 0.388 e. The van der Waals surface area contributed by atoms with Gasteiger partial charge in [0.25, 0.3) is 0 Å². The normalized spacial score (nSPS) is 25.9. The van der Waals surface area contributed by atoms with E-state index in [1.54, 1.807) is 6.07 Å². The van der Waals surface area contributed by atoms with Crippen molar-refractivity contribution in [3.8, 4) is 0 Å². The van der Waals surface area contributed by atoms with Gasteiger partial charge in [0.05, 0.1) is 5.60 Å². The maximum Gasteiger partial charge on any atom is 0.126 e. The first-order chi connectivity index (χ1) is 6.64.